The molecule has 0 spiro atoms. The number of nitrogens with one attached hydrogen (secondary N) is 1. The zero-order valence-electron chi connectivity index (χ0n) is 12.2. The first-order chi connectivity index (χ1) is 9.61. The summed E-state index contributed by atoms with van der Waals surface area (Å²) in [4.78, 5) is 10.8. The summed E-state index contributed by atoms with van der Waals surface area (Å²) < 4.78 is 27.4. The minimum Gasteiger partial charge on any atom is -0.481 e. The molecule has 2 N–H and O–H groups in total. The second-order valence-corrected chi connectivity index (χ2v) is 9.12. The van der Waals surface area contributed by atoms with Crippen molar-refractivity contribution in [1.82, 2.24) is 4.72 Å². The van der Waals surface area contributed by atoms with Crippen molar-refractivity contribution in [2.75, 3.05) is 6.54 Å². The summed E-state index contributed by atoms with van der Waals surface area (Å²) in [6.07, 6.45) is 0.601. The van der Waals surface area contributed by atoms with Gasteiger partial charge in [-0.05, 0) is 36.8 Å². The van der Waals surface area contributed by atoms with Crippen molar-refractivity contribution in [3.8, 4) is 0 Å². The molecule has 0 saturated carbocycles. The van der Waals surface area contributed by atoms with E-state index in [0.29, 0.717) is 22.2 Å². The van der Waals surface area contributed by atoms with E-state index in [-0.39, 0.29) is 23.1 Å². The Balaban J connectivity index is 2.75. The Hall–Kier alpha value is -0.630. The Labute approximate surface area is 134 Å². The molecule has 0 radical (unpaired) electrons. The van der Waals surface area contributed by atoms with Crippen molar-refractivity contribution in [3.63, 3.8) is 0 Å². The van der Waals surface area contributed by atoms with Crippen LogP contribution in [0.3, 0.4) is 0 Å². The first kappa shape index (κ1) is 18.4. The van der Waals surface area contributed by atoms with Crippen molar-refractivity contribution in [1.29, 1.82) is 0 Å². The maximum atomic E-state index is 12.2. The molecule has 5 nitrogen and oxygen atoms in total. The fourth-order valence-electron chi connectivity index (χ4n) is 2.02. The van der Waals surface area contributed by atoms with E-state index in [9.17, 15) is 13.2 Å². The number of carboxylic acids is 1. The zero-order valence-corrected chi connectivity index (χ0v) is 14.6. The van der Waals surface area contributed by atoms with E-state index in [2.05, 4.69) is 4.72 Å². The quantitative estimate of drug-likeness (QED) is 0.752. The van der Waals surface area contributed by atoms with Crippen molar-refractivity contribution in [3.05, 3.63) is 16.0 Å². The molecule has 0 saturated heterocycles. The van der Waals surface area contributed by atoms with Crippen LogP contribution in [-0.2, 0) is 14.8 Å². The molecular weight excluding hydrogens is 334 g/mol. The van der Waals surface area contributed by atoms with Gasteiger partial charge in [0.25, 0.3) is 0 Å². The highest BCUT2D eigenvalue weighted by atomic mass is 35.5. The molecule has 0 fully saturated rings. The summed E-state index contributed by atoms with van der Waals surface area (Å²) in [5.41, 5.74) is 0.714. The molecule has 1 aromatic heterocycles. The number of hydrogen-bond donors (Lipinski definition) is 2. The number of aliphatic carboxylic acids is 1. The van der Waals surface area contributed by atoms with Crippen LogP contribution in [0.4, 0.5) is 0 Å². The van der Waals surface area contributed by atoms with E-state index < -0.39 is 16.0 Å². The summed E-state index contributed by atoms with van der Waals surface area (Å²) in [7, 11) is -3.64. The third-order valence-corrected chi connectivity index (χ3v) is 6.38. The molecule has 0 amide bonds. The van der Waals surface area contributed by atoms with Gasteiger partial charge in [0, 0.05) is 13.0 Å². The number of thiophene rings is 1. The predicted molar refractivity (Wildman–Crippen MR) is 84.5 cm³/mol. The van der Waals surface area contributed by atoms with Crippen LogP contribution in [0, 0.1) is 18.8 Å². The van der Waals surface area contributed by atoms with Gasteiger partial charge in [-0.3, -0.25) is 4.79 Å². The number of halogens is 1. The standard InChI is InChI=1S/C13H20ClNO4S2/c1-8(2)4-10(6-11(16)17)7-15-21(18,19)12-5-9(3)13(14)20-12/h5,8,10,15H,4,6-7H2,1-3H3,(H,16,17). The molecule has 1 aromatic rings. The Morgan fingerprint density at radius 2 is 2.10 bits per heavy atom. The molecule has 120 valence electrons. The smallest absolute Gasteiger partial charge is 0.303 e. The number of aryl methyl sites for hydroxylation is 1. The molecule has 1 rings (SSSR count). The van der Waals surface area contributed by atoms with Crippen LogP contribution in [0.2, 0.25) is 4.34 Å². The Kier molecular flexibility index (Phi) is 6.65. The molecule has 0 aromatic carbocycles. The normalized spacial score (nSPS) is 13.6. The lowest BCUT2D eigenvalue weighted by molar-refractivity contribution is -0.138. The summed E-state index contributed by atoms with van der Waals surface area (Å²) >= 11 is 6.88. The summed E-state index contributed by atoms with van der Waals surface area (Å²) in [6.45, 7) is 5.81. The second-order valence-electron chi connectivity index (χ2n) is 5.47. The van der Waals surface area contributed by atoms with Crippen LogP contribution in [-0.4, -0.2) is 26.0 Å². The van der Waals surface area contributed by atoms with Gasteiger partial charge in [0.15, 0.2) is 0 Å². The van der Waals surface area contributed by atoms with E-state index in [1.54, 1.807) is 6.92 Å². The first-order valence-electron chi connectivity index (χ1n) is 6.59. The molecular formula is C13H20ClNO4S2. The van der Waals surface area contributed by atoms with Gasteiger partial charge in [-0.1, -0.05) is 25.4 Å². The van der Waals surface area contributed by atoms with Crippen molar-refractivity contribution in [2.45, 2.75) is 37.8 Å². The molecule has 0 aliphatic rings. The molecule has 0 aliphatic carbocycles. The number of hydrogen-bond acceptors (Lipinski definition) is 4. The fraction of sp³-hybridized carbons (Fsp3) is 0.615. The van der Waals surface area contributed by atoms with Gasteiger partial charge in [0.2, 0.25) is 10.0 Å². The van der Waals surface area contributed by atoms with Gasteiger partial charge in [-0.25, -0.2) is 13.1 Å². The van der Waals surface area contributed by atoms with Gasteiger partial charge < -0.3 is 5.11 Å². The minimum absolute atomic E-state index is 0.0507. The minimum atomic E-state index is -3.64. The molecule has 0 bridgehead atoms. The van der Waals surface area contributed by atoms with E-state index in [1.807, 2.05) is 13.8 Å². The maximum absolute atomic E-state index is 12.2. The van der Waals surface area contributed by atoms with Gasteiger partial charge in [-0.2, -0.15) is 0 Å². The predicted octanol–water partition coefficient (Wildman–Crippen LogP) is 3.13. The summed E-state index contributed by atoms with van der Waals surface area (Å²) in [6, 6.07) is 1.52. The maximum Gasteiger partial charge on any atom is 0.303 e. The highest BCUT2D eigenvalue weighted by Gasteiger charge is 2.22. The fourth-order valence-corrected chi connectivity index (χ4v) is 4.88. The zero-order chi connectivity index (χ0) is 16.2. The monoisotopic (exact) mass is 353 g/mol. The molecule has 0 aliphatic heterocycles. The highest BCUT2D eigenvalue weighted by Crippen LogP contribution is 2.30. The molecule has 1 atom stereocenters. The summed E-state index contributed by atoms with van der Waals surface area (Å²) in [5.74, 6) is -0.846. The van der Waals surface area contributed by atoms with Crippen LogP contribution in [0.5, 0.6) is 0 Å². The summed E-state index contributed by atoms with van der Waals surface area (Å²) in [5, 5.41) is 8.89. The van der Waals surface area contributed by atoms with Gasteiger partial charge in [-0.15, -0.1) is 11.3 Å². The average Bonchev–Trinajstić information content (AvgIpc) is 2.66. The SMILES string of the molecule is Cc1cc(S(=O)(=O)NCC(CC(=O)O)CC(C)C)sc1Cl. The molecule has 1 unspecified atom stereocenters. The van der Waals surface area contributed by atoms with Crippen molar-refractivity contribution in [2.24, 2.45) is 11.8 Å². The first-order valence-corrected chi connectivity index (χ1v) is 9.27. The van der Waals surface area contributed by atoms with Crippen LogP contribution in [0.1, 0.15) is 32.3 Å². The average molecular weight is 354 g/mol. The lowest BCUT2D eigenvalue weighted by atomic mass is 9.94. The van der Waals surface area contributed by atoms with Gasteiger partial charge >= 0.3 is 5.97 Å². The van der Waals surface area contributed by atoms with E-state index >= 15 is 0 Å². The number of rotatable bonds is 8. The van der Waals surface area contributed by atoms with Crippen LogP contribution >= 0.6 is 22.9 Å². The number of sulfonamides is 1. The van der Waals surface area contributed by atoms with Crippen molar-refractivity contribution < 1.29 is 18.3 Å². The lowest BCUT2D eigenvalue weighted by Gasteiger charge is -2.17. The molecule has 21 heavy (non-hydrogen) atoms. The van der Waals surface area contributed by atoms with Gasteiger partial charge in [0.1, 0.15) is 4.21 Å². The van der Waals surface area contributed by atoms with Crippen LogP contribution in [0.15, 0.2) is 10.3 Å². The Morgan fingerprint density at radius 3 is 2.52 bits per heavy atom. The molecule has 8 heteroatoms. The number of carboxylic acid groups (broad SMARTS) is 1. The largest absolute Gasteiger partial charge is 0.481 e. The third kappa shape index (κ3) is 5.94. The van der Waals surface area contributed by atoms with E-state index in [0.717, 1.165) is 11.3 Å². The topological polar surface area (TPSA) is 83.5 Å². The van der Waals surface area contributed by atoms with Gasteiger partial charge in [0.05, 0.1) is 4.34 Å². The highest BCUT2D eigenvalue weighted by molar-refractivity contribution is 7.91. The van der Waals surface area contributed by atoms with E-state index in [1.165, 1.54) is 6.07 Å². The third-order valence-electron chi connectivity index (χ3n) is 2.93. The lowest BCUT2D eigenvalue weighted by Crippen LogP contribution is -2.30. The Morgan fingerprint density at radius 1 is 1.48 bits per heavy atom. The number of carbonyl (C=O) groups is 1. The van der Waals surface area contributed by atoms with Crippen LogP contribution < -0.4 is 4.72 Å². The molecule has 1 heterocycles. The van der Waals surface area contributed by atoms with Crippen LogP contribution in [0.25, 0.3) is 0 Å². The second kappa shape index (κ2) is 7.58. The van der Waals surface area contributed by atoms with Crippen molar-refractivity contribution >= 4 is 38.9 Å². The van der Waals surface area contributed by atoms with E-state index in [4.69, 9.17) is 16.7 Å². The Bertz CT molecular complexity index is 576.